The second-order valence-electron chi connectivity index (χ2n) is 22.5. The lowest BCUT2D eigenvalue weighted by Crippen LogP contribution is -2.10. The minimum Gasteiger partial charge on any atom is -0.309 e. The van der Waals surface area contributed by atoms with Crippen LogP contribution in [-0.2, 0) is 21.7 Å². The quantitative estimate of drug-likeness (QED) is 0.173. The Morgan fingerprint density at radius 3 is 0.833 bits per heavy atom. The Morgan fingerprint density at radius 1 is 0.303 bits per heavy atom. The number of aromatic nitrogens is 4. The summed E-state index contributed by atoms with van der Waals surface area (Å²) in [5, 5.41) is 5.17. The number of hydrogen-bond acceptors (Lipinski definition) is 2. The highest BCUT2D eigenvalue weighted by atomic mass is 15.0. The third-order valence-corrected chi connectivity index (χ3v) is 13.8. The maximum absolute atomic E-state index is 4.66. The molecule has 0 unspecified atom stereocenters. The first-order valence-electron chi connectivity index (χ1n) is 23.5. The van der Waals surface area contributed by atoms with Crippen LogP contribution in [0.15, 0.2) is 158 Å². The Labute approximate surface area is 391 Å². The maximum atomic E-state index is 4.66. The average molecular weight is 863 g/mol. The molecule has 0 amide bonds. The lowest BCUT2D eigenvalue weighted by atomic mass is 9.85. The second kappa shape index (κ2) is 15.4. The highest BCUT2D eigenvalue weighted by Crippen LogP contribution is 2.42. The zero-order chi connectivity index (χ0) is 46.5. The fourth-order valence-corrected chi connectivity index (χ4v) is 9.77. The number of benzene rings is 6. The monoisotopic (exact) mass is 862 g/mol. The first kappa shape index (κ1) is 43.1. The molecule has 0 aliphatic carbocycles. The predicted octanol–water partition coefficient (Wildman–Crippen LogP) is 16.9. The first-order valence-corrected chi connectivity index (χ1v) is 23.5. The summed E-state index contributed by atoms with van der Waals surface area (Å²) in [5.41, 5.74) is 19.3. The summed E-state index contributed by atoms with van der Waals surface area (Å²) in [6.07, 6.45) is 7.79. The van der Waals surface area contributed by atoms with Crippen molar-refractivity contribution in [2.75, 3.05) is 0 Å². The standard InChI is InChI=1S/C62H62N4/c1-59(2,3)41-17-25-55-49(33-41)50-34-42(60(4,5)6)18-26-56(50)65(55)45-21-13-39(14-22-45)53-37-63-31-29-47(53)48-30-32-64-38-54(48)40-15-23-46(24-16-40)66-57-27-19-43(61(7,8)9)35-51(57)52-36-44(62(10,11)12)20-28-58(52)66/h13-38H,1-12H3. The van der Waals surface area contributed by atoms with Crippen molar-refractivity contribution in [3.8, 4) is 44.8 Å². The van der Waals surface area contributed by atoms with E-state index in [-0.39, 0.29) is 21.7 Å². The number of hydrogen-bond donors (Lipinski definition) is 0. The van der Waals surface area contributed by atoms with Crippen LogP contribution in [0.4, 0.5) is 0 Å². The van der Waals surface area contributed by atoms with Gasteiger partial charge in [-0.1, -0.05) is 132 Å². The van der Waals surface area contributed by atoms with Crippen molar-refractivity contribution < 1.29 is 0 Å². The van der Waals surface area contributed by atoms with Crippen LogP contribution < -0.4 is 0 Å². The van der Waals surface area contributed by atoms with Crippen LogP contribution in [-0.4, -0.2) is 19.1 Å². The molecule has 10 rings (SSSR count). The Morgan fingerprint density at radius 2 is 0.576 bits per heavy atom. The highest BCUT2D eigenvalue weighted by Gasteiger charge is 2.24. The summed E-state index contributed by atoms with van der Waals surface area (Å²) in [6.45, 7) is 27.5. The van der Waals surface area contributed by atoms with Gasteiger partial charge in [-0.25, -0.2) is 0 Å². The maximum Gasteiger partial charge on any atom is 0.0541 e. The molecule has 6 aromatic carbocycles. The zero-order valence-corrected chi connectivity index (χ0v) is 40.8. The molecule has 4 aromatic heterocycles. The van der Waals surface area contributed by atoms with E-state index in [1.54, 1.807) is 0 Å². The van der Waals surface area contributed by atoms with Crippen LogP contribution in [0.2, 0.25) is 0 Å². The molecule has 330 valence electrons. The molecule has 0 spiro atoms. The lowest BCUT2D eigenvalue weighted by molar-refractivity contribution is 0.590. The molecule has 0 atom stereocenters. The van der Waals surface area contributed by atoms with Gasteiger partial charge in [0.15, 0.2) is 0 Å². The van der Waals surface area contributed by atoms with Gasteiger partial charge < -0.3 is 9.13 Å². The van der Waals surface area contributed by atoms with E-state index in [0.717, 1.165) is 44.8 Å². The molecule has 0 N–H and O–H groups in total. The zero-order valence-electron chi connectivity index (χ0n) is 40.8. The molecule has 0 aliphatic rings. The van der Waals surface area contributed by atoms with Crippen molar-refractivity contribution in [3.05, 3.63) is 181 Å². The van der Waals surface area contributed by atoms with Crippen molar-refractivity contribution in [2.24, 2.45) is 0 Å². The normalized spacial score (nSPS) is 12.8. The van der Waals surface area contributed by atoms with Crippen molar-refractivity contribution in [1.82, 2.24) is 19.1 Å². The summed E-state index contributed by atoms with van der Waals surface area (Å²) in [6, 6.07) is 50.4. The third kappa shape index (κ3) is 7.51. The molecule has 0 radical (unpaired) electrons. The van der Waals surface area contributed by atoms with Gasteiger partial charge in [0.1, 0.15) is 0 Å². The van der Waals surface area contributed by atoms with E-state index in [2.05, 4.69) is 236 Å². The SMILES string of the molecule is CC(C)(C)c1ccc2c(c1)c1cc(C(C)(C)C)ccc1n2-c1ccc(-c2cnccc2-c2ccncc2-c2ccc(-n3c4ccc(C(C)(C)C)cc4c4cc(C(C)(C)C)ccc43)cc2)cc1. The van der Waals surface area contributed by atoms with Crippen LogP contribution in [0.5, 0.6) is 0 Å². The fourth-order valence-electron chi connectivity index (χ4n) is 9.77. The van der Waals surface area contributed by atoms with Gasteiger partial charge in [-0.3, -0.25) is 9.97 Å². The van der Waals surface area contributed by atoms with Crippen molar-refractivity contribution >= 4 is 43.6 Å². The minimum atomic E-state index is 0.0485. The minimum absolute atomic E-state index is 0.0485. The highest BCUT2D eigenvalue weighted by molar-refractivity contribution is 6.11. The lowest BCUT2D eigenvalue weighted by Gasteiger charge is -2.19. The Bertz CT molecular complexity index is 3100. The molecule has 66 heavy (non-hydrogen) atoms. The Balaban J connectivity index is 1.03. The summed E-state index contributed by atoms with van der Waals surface area (Å²) >= 11 is 0. The van der Waals surface area contributed by atoms with E-state index in [0.29, 0.717) is 0 Å². The van der Waals surface area contributed by atoms with Crippen LogP contribution >= 0.6 is 0 Å². The summed E-state index contributed by atoms with van der Waals surface area (Å²) < 4.78 is 4.85. The van der Waals surface area contributed by atoms with Crippen molar-refractivity contribution in [3.63, 3.8) is 0 Å². The molecule has 10 aromatic rings. The average Bonchev–Trinajstić information content (AvgIpc) is 3.79. The molecule has 4 heteroatoms. The van der Waals surface area contributed by atoms with Gasteiger partial charge in [-0.15, -0.1) is 0 Å². The smallest absolute Gasteiger partial charge is 0.0541 e. The van der Waals surface area contributed by atoms with Gasteiger partial charge >= 0.3 is 0 Å². The predicted molar refractivity (Wildman–Crippen MR) is 282 cm³/mol. The Hall–Kier alpha value is -6.78. The van der Waals surface area contributed by atoms with E-state index in [9.17, 15) is 0 Å². The van der Waals surface area contributed by atoms with Gasteiger partial charge in [-0.2, -0.15) is 0 Å². The molecule has 4 heterocycles. The van der Waals surface area contributed by atoms with E-state index in [1.165, 1.54) is 65.9 Å². The van der Waals surface area contributed by atoms with Crippen LogP contribution in [0.1, 0.15) is 105 Å². The number of pyridine rings is 2. The first-order chi connectivity index (χ1) is 31.3. The van der Waals surface area contributed by atoms with Gasteiger partial charge in [0.25, 0.3) is 0 Å². The molecular weight excluding hydrogens is 801 g/mol. The van der Waals surface area contributed by atoms with E-state index in [1.807, 2.05) is 24.8 Å². The van der Waals surface area contributed by atoms with E-state index >= 15 is 0 Å². The Kier molecular flexibility index (Phi) is 10.1. The van der Waals surface area contributed by atoms with Crippen LogP contribution in [0.25, 0.3) is 88.4 Å². The molecule has 0 saturated carbocycles. The third-order valence-electron chi connectivity index (χ3n) is 13.8. The van der Waals surface area contributed by atoms with Gasteiger partial charge in [-0.05, 0) is 151 Å². The number of fused-ring (bicyclic) bond motifs is 6. The van der Waals surface area contributed by atoms with E-state index in [4.69, 9.17) is 0 Å². The largest absolute Gasteiger partial charge is 0.309 e. The summed E-state index contributed by atoms with van der Waals surface area (Å²) in [5.74, 6) is 0. The summed E-state index contributed by atoms with van der Waals surface area (Å²) in [4.78, 5) is 9.33. The topological polar surface area (TPSA) is 35.6 Å². The van der Waals surface area contributed by atoms with Gasteiger partial charge in [0.2, 0.25) is 0 Å². The number of nitrogens with zero attached hydrogens (tertiary/aromatic N) is 4. The second-order valence-corrected chi connectivity index (χ2v) is 22.5. The van der Waals surface area contributed by atoms with Crippen LogP contribution in [0.3, 0.4) is 0 Å². The van der Waals surface area contributed by atoms with E-state index < -0.39 is 0 Å². The van der Waals surface area contributed by atoms with Gasteiger partial charge in [0.05, 0.1) is 22.1 Å². The molecule has 0 fully saturated rings. The van der Waals surface area contributed by atoms with Crippen molar-refractivity contribution in [1.29, 1.82) is 0 Å². The molecule has 4 nitrogen and oxygen atoms in total. The molecular formula is C62H62N4. The van der Waals surface area contributed by atoms with Crippen LogP contribution in [0, 0.1) is 0 Å². The van der Waals surface area contributed by atoms with Gasteiger partial charge in [0, 0.05) is 68.8 Å². The molecule has 0 saturated heterocycles. The molecule has 0 bridgehead atoms. The summed E-state index contributed by atoms with van der Waals surface area (Å²) in [7, 11) is 0. The van der Waals surface area contributed by atoms with Crippen molar-refractivity contribution in [2.45, 2.75) is 105 Å². The molecule has 0 aliphatic heterocycles. The number of rotatable bonds is 5. The fraction of sp³-hybridized carbons (Fsp3) is 0.258.